The predicted octanol–water partition coefficient (Wildman–Crippen LogP) is 4.46. The van der Waals surface area contributed by atoms with E-state index < -0.39 is 42.0 Å². The number of hydrogen-bond donors (Lipinski definition) is 1. The highest BCUT2D eigenvalue weighted by atomic mass is 79.9. The maximum absolute atomic E-state index is 13.6. The molecule has 1 aliphatic heterocycles. The van der Waals surface area contributed by atoms with Crippen LogP contribution in [-0.2, 0) is 12.6 Å². The van der Waals surface area contributed by atoms with Crippen LogP contribution in [-0.4, -0.2) is 33.8 Å². The van der Waals surface area contributed by atoms with Crippen LogP contribution in [0, 0.1) is 0 Å². The summed E-state index contributed by atoms with van der Waals surface area (Å²) in [4.78, 5) is 43.6. The highest BCUT2D eigenvalue weighted by Gasteiger charge is 2.42. The number of benzene rings is 2. The Kier molecular flexibility index (Phi) is 6.03. The fourth-order valence-corrected chi connectivity index (χ4v) is 3.85. The molecule has 168 valence electrons. The molecular formula is C23H15BrF3N3O3. The molecule has 0 saturated carbocycles. The summed E-state index contributed by atoms with van der Waals surface area (Å²) in [5.74, 6) is -2.14. The lowest BCUT2D eigenvalue weighted by atomic mass is 10.0. The molecule has 0 aliphatic carbocycles. The van der Waals surface area contributed by atoms with Gasteiger partial charge in [0.2, 0.25) is 0 Å². The average molecular weight is 518 g/mol. The number of hydrogen-bond acceptors (Lipinski definition) is 4. The van der Waals surface area contributed by atoms with Crippen molar-refractivity contribution in [3.63, 3.8) is 0 Å². The van der Waals surface area contributed by atoms with Gasteiger partial charge in [-0.1, -0.05) is 30.3 Å². The molecule has 0 unspecified atom stereocenters. The molecule has 2 aromatic carbocycles. The van der Waals surface area contributed by atoms with Gasteiger partial charge in [-0.05, 0) is 51.8 Å². The SMILES string of the molecule is O=C(N[C@@H](Cc1ccccc1C(F)(F)F)N1C(=O)c2ccccc2C1=O)c1ccc(Br)cn1. The van der Waals surface area contributed by atoms with E-state index in [9.17, 15) is 27.6 Å². The van der Waals surface area contributed by atoms with E-state index in [2.05, 4.69) is 26.2 Å². The summed E-state index contributed by atoms with van der Waals surface area (Å²) in [6.45, 7) is 0. The number of alkyl halides is 3. The molecule has 6 nitrogen and oxygen atoms in total. The normalized spacial score (nSPS) is 14.2. The third-order valence-electron chi connectivity index (χ3n) is 5.13. The molecule has 3 aromatic rings. The van der Waals surface area contributed by atoms with Gasteiger partial charge >= 0.3 is 6.18 Å². The number of fused-ring (bicyclic) bond motifs is 1. The standard InChI is InChI=1S/C23H15BrF3N3O3/c24-14-9-10-18(28-12-14)20(31)29-19(11-13-5-1-4-8-17(13)23(25,26)27)30-21(32)15-6-2-3-7-16(15)22(30)33/h1-10,12,19H,11H2,(H,29,31)/t19-/m1/s1. The van der Waals surface area contributed by atoms with Crippen molar-refractivity contribution >= 4 is 33.7 Å². The Morgan fingerprint density at radius 3 is 2.15 bits per heavy atom. The van der Waals surface area contributed by atoms with Crippen LogP contribution in [0.2, 0.25) is 0 Å². The molecule has 1 N–H and O–H groups in total. The highest BCUT2D eigenvalue weighted by Crippen LogP contribution is 2.33. The smallest absolute Gasteiger partial charge is 0.330 e. The Hall–Kier alpha value is -3.53. The molecule has 3 amide bonds. The largest absolute Gasteiger partial charge is 0.416 e. The number of carbonyl (C=O) groups excluding carboxylic acids is 3. The van der Waals surface area contributed by atoms with E-state index in [1.807, 2.05) is 0 Å². The lowest BCUT2D eigenvalue weighted by Crippen LogP contribution is -2.52. The van der Waals surface area contributed by atoms with Gasteiger partial charge in [0.15, 0.2) is 0 Å². The third kappa shape index (κ3) is 4.51. The van der Waals surface area contributed by atoms with Gasteiger partial charge in [0.25, 0.3) is 17.7 Å². The molecule has 0 radical (unpaired) electrons. The van der Waals surface area contributed by atoms with E-state index in [0.717, 1.165) is 11.0 Å². The number of amides is 3. The van der Waals surface area contributed by atoms with Crippen molar-refractivity contribution in [3.05, 3.63) is 99.3 Å². The topological polar surface area (TPSA) is 79.4 Å². The molecule has 33 heavy (non-hydrogen) atoms. The number of aromatic nitrogens is 1. The molecule has 1 atom stereocenters. The van der Waals surface area contributed by atoms with Crippen molar-refractivity contribution < 1.29 is 27.6 Å². The van der Waals surface area contributed by atoms with Gasteiger partial charge in [0.05, 0.1) is 16.7 Å². The van der Waals surface area contributed by atoms with E-state index in [1.54, 1.807) is 18.2 Å². The fraction of sp³-hybridized carbons (Fsp3) is 0.130. The molecule has 1 aromatic heterocycles. The first kappa shape index (κ1) is 22.7. The summed E-state index contributed by atoms with van der Waals surface area (Å²) < 4.78 is 41.3. The van der Waals surface area contributed by atoms with E-state index in [4.69, 9.17) is 0 Å². The van der Waals surface area contributed by atoms with Crippen molar-refractivity contribution in [2.45, 2.75) is 18.8 Å². The van der Waals surface area contributed by atoms with Crippen molar-refractivity contribution in [1.29, 1.82) is 0 Å². The quantitative estimate of drug-likeness (QED) is 0.507. The average Bonchev–Trinajstić information content (AvgIpc) is 3.04. The van der Waals surface area contributed by atoms with Crippen LogP contribution >= 0.6 is 15.9 Å². The molecule has 2 heterocycles. The Labute approximate surface area is 194 Å². The maximum atomic E-state index is 13.6. The molecule has 4 rings (SSSR count). The molecule has 0 fully saturated rings. The molecule has 0 bridgehead atoms. The Morgan fingerprint density at radius 1 is 0.970 bits per heavy atom. The number of rotatable bonds is 5. The second kappa shape index (κ2) is 8.78. The van der Waals surface area contributed by atoms with Crippen LogP contribution in [0.5, 0.6) is 0 Å². The number of pyridine rings is 1. The summed E-state index contributed by atoms with van der Waals surface area (Å²) in [7, 11) is 0. The summed E-state index contributed by atoms with van der Waals surface area (Å²) in [5, 5.41) is 2.52. The summed E-state index contributed by atoms with van der Waals surface area (Å²) >= 11 is 3.20. The van der Waals surface area contributed by atoms with Gasteiger partial charge < -0.3 is 5.32 Å². The van der Waals surface area contributed by atoms with Crippen LogP contribution in [0.4, 0.5) is 13.2 Å². The second-order valence-electron chi connectivity index (χ2n) is 7.24. The first-order valence-corrected chi connectivity index (χ1v) is 10.5. The van der Waals surface area contributed by atoms with Crippen LogP contribution in [0.3, 0.4) is 0 Å². The molecule has 0 spiro atoms. The van der Waals surface area contributed by atoms with E-state index >= 15 is 0 Å². The van der Waals surface area contributed by atoms with Crippen molar-refractivity contribution in [1.82, 2.24) is 15.2 Å². The number of halogens is 4. The number of imide groups is 1. The number of nitrogens with one attached hydrogen (secondary N) is 1. The minimum atomic E-state index is -4.65. The zero-order valence-electron chi connectivity index (χ0n) is 16.8. The Bertz CT molecular complexity index is 1210. The molecule has 10 heteroatoms. The summed E-state index contributed by atoms with van der Waals surface area (Å²) in [5.41, 5.74) is -0.873. The first-order chi connectivity index (χ1) is 15.7. The summed E-state index contributed by atoms with van der Waals surface area (Å²) in [6.07, 6.45) is -5.09. The Balaban J connectivity index is 1.72. The maximum Gasteiger partial charge on any atom is 0.416 e. The van der Waals surface area contributed by atoms with Gasteiger partial charge in [0.1, 0.15) is 11.9 Å². The first-order valence-electron chi connectivity index (χ1n) is 9.71. The third-order valence-corrected chi connectivity index (χ3v) is 5.60. The highest BCUT2D eigenvalue weighted by molar-refractivity contribution is 9.10. The van der Waals surface area contributed by atoms with Crippen LogP contribution < -0.4 is 5.32 Å². The molecule has 1 aliphatic rings. The van der Waals surface area contributed by atoms with Gasteiger partial charge in [-0.15, -0.1) is 0 Å². The van der Waals surface area contributed by atoms with E-state index in [0.29, 0.717) is 4.47 Å². The minimum absolute atomic E-state index is 0.0242. The lowest BCUT2D eigenvalue weighted by molar-refractivity contribution is -0.138. The van der Waals surface area contributed by atoms with E-state index in [1.165, 1.54) is 42.6 Å². The zero-order chi connectivity index (χ0) is 23.8. The molecule has 0 saturated heterocycles. The van der Waals surface area contributed by atoms with Crippen molar-refractivity contribution in [2.75, 3.05) is 0 Å². The number of nitrogens with zero attached hydrogens (tertiary/aromatic N) is 2. The minimum Gasteiger partial charge on any atom is -0.330 e. The summed E-state index contributed by atoms with van der Waals surface area (Å²) in [6, 6.07) is 13.8. The van der Waals surface area contributed by atoms with Gasteiger partial charge in [0, 0.05) is 17.1 Å². The van der Waals surface area contributed by atoms with Crippen LogP contribution in [0.1, 0.15) is 42.3 Å². The van der Waals surface area contributed by atoms with Crippen LogP contribution in [0.15, 0.2) is 71.3 Å². The molecular weight excluding hydrogens is 503 g/mol. The monoisotopic (exact) mass is 517 g/mol. The Morgan fingerprint density at radius 2 is 1.58 bits per heavy atom. The van der Waals surface area contributed by atoms with Gasteiger partial charge in [-0.3, -0.25) is 19.3 Å². The predicted molar refractivity (Wildman–Crippen MR) is 115 cm³/mol. The second-order valence-corrected chi connectivity index (χ2v) is 8.15. The van der Waals surface area contributed by atoms with E-state index in [-0.39, 0.29) is 22.4 Å². The van der Waals surface area contributed by atoms with Crippen LogP contribution in [0.25, 0.3) is 0 Å². The zero-order valence-corrected chi connectivity index (χ0v) is 18.4. The fourth-order valence-electron chi connectivity index (χ4n) is 3.62. The van der Waals surface area contributed by atoms with Gasteiger partial charge in [-0.2, -0.15) is 13.2 Å². The van der Waals surface area contributed by atoms with Crippen molar-refractivity contribution in [2.24, 2.45) is 0 Å². The number of carbonyl (C=O) groups is 3. The van der Waals surface area contributed by atoms with Crippen molar-refractivity contribution in [3.8, 4) is 0 Å². The lowest BCUT2D eigenvalue weighted by Gasteiger charge is -2.28. The van der Waals surface area contributed by atoms with Gasteiger partial charge in [-0.25, -0.2) is 4.98 Å².